The molecule has 1 N–H and O–H groups in total. The van der Waals surface area contributed by atoms with Crippen LogP contribution in [0.25, 0.3) is 0 Å². The first kappa shape index (κ1) is 23.1. The number of hydrogen-bond donors (Lipinski definition) is 1. The summed E-state index contributed by atoms with van der Waals surface area (Å²) in [5.74, 6) is 1.43. The van der Waals surface area contributed by atoms with Gasteiger partial charge in [0.25, 0.3) is 5.91 Å². The van der Waals surface area contributed by atoms with Crippen LogP contribution in [0.2, 0.25) is 0 Å². The summed E-state index contributed by atoms with van der Waals surface area (Å²) in [6.07, 6.45) is 4.91. The van der Waals surface area contributed by atoms with E-state index in [2.05, 4.69) is 72.4 Å². The highest BCUT2D eigenvalue weighted by Gasteiger charge is 2.20. The van der Waals surface area contributed by atoms with E-state index in [1.807, 2.05) is 17.0 Å². The topological polar surface area (TPSA) is 48.6 Å². The Balaban J connectivity index is 1.57. The second kappa shape index (κ2) is 11.2. The molecule has 1 aliphatic rings. The molecule has 1 aromatic heterocycles. The minimum absolute atomic E-state index is 0.0378. The third-order valence-corrected chi connectivity index (χ3v) is 6.50. The molecular formula is C28H35N3O2. The van der Waals surface area contributed by atoms with E-state index in [9.17, 15) is 4.79 Å². The quantitative estimate of drug-likeness (QED) is 0.587. The molecule has 1 atom stereocenters. The number of aryl methyl sites for hydroxylation is 1. The molecule has 0 fully saturated rings. The second-order valence-corrected chi connectivity index (χ2v) is 9.11. The summed E-state index contributed by atoms with van der Waals surface area (Å²) < 4.78 is 6.19. The fourth-order valence-corrected chi connectivity index (χ4v) is 4.66. The molecule has 4 rings (SSSR count). The van der Waals surface area contributed by atoms with Crippen LogP contribution in [0.4, 0.5) is 0 Å². The van der Waals surface area contributed by atoms with E-state index >= 15 is 0 Å². The number of rotatable bonds is 2. The van der Waals surface area contributed by atoms with Gasteiger partial charge in [-0.1, -0.05) is 48.0 Å². The SMILES string of the molecule is Cc1ccc2c(c1)CN(C)CCC(c1ccccc1)CCCN(C(=O)c1ccc[nH]1)CCO2. The summed E-state index contributed by atoms with van der Waals surface area (Å²) in [7, 11) is 2.19. The van der Waals surface area contributed by atoms with Crippen LogP contribution in [0.15, 0.2) is 66.9 Å². The number of carbonyl (C=O) groups is 1. The van der Waals surface area contributed by atoms with E-state index in [1.165, 1.54) is 16.7 Å². The highest BCUT2D eigenvalue weighted by Crippen LogP contribution is 2.27. The van der Waals surface area contributed by atoms with E-state index < -0.39 is 0 Å². The van der Waals surface area contributed by atoms with Gasteiger partial charge in [-0.25, -0.2) is 0 Å². The Morgan fingerprint density at radius 2 is 1.85 bits per heavy atom. The molecule has 174 valence electrons. The summed E-state index contributed by atoms with van der Waals surface area (Å²) >= 11 is 0. The van der Waals surface area contributed by atoms with Crippen LogP contribution in [0, 0.1) is 6.92 Å². The van der Waals surface area contributed by atoms with Crippen molar-refractivity contribution in [3.63, 3.8) is 0 Å². The molecule has 5 nitrogen and oxygen atoms in total. The van der Waals surface area contributed by atoms with Crippen LogP contribution in [0.1, 0.15) is 52.4 Å². The highest BCUT2D eigenvalue weighted by atomic mass is 16.5. The minimum atomic E-state index is 0.0378. The van der Waals surface area contributed by atoms with Gasteiger partial charge in [0.2, 0.25) is 0 Å². The lowest BCUT2D eigenvalue weighted by Gasteiger charge is -2.27. The molecule has 0 saturated heterocycles. The van der Waals surface area contributed by atoms with E-state index in [4.69, 9.17) is 4.74 Å². The normalized spacial score (nSPS) is 18.7. The first-order valence-electron chi connectivity index (χ1n) is 12.0. The number of nitrogens with zero attached hydrogens (tertiary/aromatic N) is 2. The maximum absolute atomic E-state index is 13.1. The predicted octanol–water partition coefficient (Wildman–Crippen LogP) is 5.24. The molecule has 1 amide bonds. The Bertz CT molecular complexity index is 1020. The molecule has 1 aliphatic heterocycles. The number of hydrogen-bond acceptors (Lipinski definition) is 3. The standard InChI is InChI=1S/C28H35N3O2/c1-22-12-13-27-25(20-22)21-30(2)17-14-24(23-8-4-3-5-9-23)10-7-16-31(18-19-33-27)28(32)26-11-6-15-29-26/h3-6,8-9,11-13,15,20,24,29H,7,10,14,16-19,21H2,1-2H3. The van der Waals surface area contributed by atoms with Gasteiger partial charge < -0.3 is 19.5 Å². The molecule has 0 aliphatic carbocycles. The largest absolute Gasteiger partial charge is 0.491 e. The number of aromatic amines is 1. The van der Waals surface area contributed by atoms with Crippen LogP contribution in [0.5, 0.6) is 5.75 Å². The van der Waals surface area contributed by atoms with E-state index in [-0.39, 0.29) is 5.91 Å². The fraction of sp³-hybridized carbons (Fsp3) is 0.393. The lowest BCUT2D eigenvalue weighted by Crippen LogP contribution is -2.36. The third kappa shape index (κ3) is 6.26. The molecule has 5 heteroatoms. The first-order chi connectivity index (χ1) is 16.1. The maximum Gasteiger partial charge on any atom is 0.270 e. The molecule has 3 aromatic rings. The van der Waals surface area contributed by atoms with Gasteiger partial charge >= 0.3 is 0 Å². The van der Waals surface area contributed by atoms with E-state index in [0.717, 1.165) is 44.6 Å². The van der Waals surface area contributed by atoms with Crippen molar-refractivity contribution in [1.29, 1.82) is 0 Å². The van der Waals surface area contributed by atoms with E-state index in [0.29, 0.717) is 24.8 Å². The summed E-state index contributed by atoms with van der Waals surface area (Å²) in [6, 6.07) is 20.9. The molecule has 1 unspecified atom stereocenters. The van der Waals surface area contributed by atoms with Crippen molar-refractivity contribution >= 4 is 5.91 Å². The number of ether oxygens (including phenoxy) is 1. The van der Waals surface area contributed by atoms with Crippen molar-refractivity contribution in [3.05, 3.63) is 89.2 Å². The monoisotopic (exact) mass is 445 g/mol. The molecular weight excluding hydrogens is 410 g/mol. The molecule has 2 aromatic carbocycles. The Morgan fingerprint density at radius 3 is 2.64 bits per heavy atom. The molecule has 0 saturated carbocycles. The Labute approximate surface area is 197 Å². The number of benzene rings is 2. The summed E-state index contributed by atoms with van der Waals surface area (Å²) in [5.41, 5.74) is 4.46. The molecule has 0 spiro atoms. The molecule has 2 heterocycles. The Hall–Kier alpha value is -3.05. The van der Waals surface area contributed by atoms with Crippen molar-refractivity contribution in [2.24, 2.45) is 0 Å². The zero-order valence-electron chi connectivity index (χ0n) is 19.8. The molecule has 0 radical (unpaired) electrons. The summed E-state index contributed by atoms with van der Waals surface area (Å²) in [6.45, 7) is 5.75. The van der Waals surface area contributed by atoms with Crippen molar-refractivity contribution in [2.45, 2.75) is 38.6 Å². The molecule has 0 bridgehead atoms. The van der Waals surface area contributed by atoms with Crippen molar-refractivity contribution in [1.82, 2.24) is 14.8 Å². The second-order valence-electron chi connectivity index (χ2n) is 9.11. The van der Waals surface area contributed by atoms with Gasteiger partial charge in [-0.05, 0) is 69.5 Å². The van der Waals surface area contributed by atoms with Crippen molar-refractivity contribution in [2.75, 3.05) is 33.3 Å². The Kier molecular flexibility index (Phi) is 7.84. The average Bonchev–Trinajstić information content (AvgIpc) is 3.36. The zero-order chi connectivity index (χ0) is 23.0. The number of H-pyrrole nitrogens is 1. The van der Waals surface area contributed by atoms with Gasteiger partial charge in [0.05, 0.1) is 6.54 Å². The van der Waals surface area contributed by atoms with Crippen molar-refractivity contribution < 1.29 is 9.53 Å². The summed E-state index contributed by atoms with van der Waals surface area (Å²) in [4.78, 5) is 20.5. The smallest absolute Gasteiger partial charge is 0.270 e. The van der Waals surface area contributed by atoms with Gasteiger partial charge in [0.1, 0.15) is 18.1 Å². The third-order valence-electron chi connectivity index (χ3n) is 6.50. The minimum Gasteiger partial charge on any atom is -0.491 e. The number of carbonyl (C=O) groups excluding carboxylic acids is 1. The maximum atomic E-state index is 13.1. The van der Waals surface area contributed by atoms with Crippen LogP contribution >= 0.6 is 0 Å². The number of aromatic nitrogens is 1. The lowest BCUT2D eigenvalue weighted by molar-refractivity contribution is 0.0719. The number of fused-ring (bicyclic) bond motifs is 1. The molecule has 33 heavy (non-hydrogen) atoms. The van der Waals surface area contributed by atoms with Crippen molar-refractivity contribution in [3.8, 4) is 5.75 Å². The van der Waals surface area contributed by atoms with Gasteiger partial charge in [-0.15, -0.1) is 0 Å². The Morgan fingerprint density at radius 1 is 1.00 bits per heavy atom. The fourth-order valence-electron chi connectivity index (χ4n) is 4.66. The van der Waals surface area contributed by atoms with Gasteiger partial charge in [-0.2, -0.15) is 0 Å². The van der Waals surface area contributed by atoms with Gasteiger partial charge in [0, 0.05) is 24.8 Å². The average molecular weight is 446 g/mol. The number of amides is 1. The predicted molar refractivity (Wildman–Crippen MR) is 133 cm³/mol. The summed E-state index contributed by atoms with van der Waals surface area (Å²) in [5, 5.41) is 0. The van der Waals surface area contributed by atoms with Crippen LogP contribution in [0.3, 0.4) is 0 Å². The number of nitrogens with one attached hydrogen (secondary N) is 1. The van der Waals surface area contributed by atoms with Crippen LogP contribution < -0.4 is 4.74 Å². The van der Waals surface area contributed by atoms with Gasteiger partial charge in [0.15, 0.2) is 0 Å². The first-order valence-corrected chi connectivity index (χ1v) is 12.0. The highest BCUT2D eigenvalue weighted by molar-refractivity contribution is 5.92. The van der Waals surface area contributed by atoms with Crippen LogP contribution in [-0.4, -0.2) is 54.0 Å². The van der Waals surface area contributed by atoms with Crippen LogP contribution in [-0.2, 0) is 6.54 Å². The zero-order valence-corrected chi connectivity index (χ0v) is 19.8. The van der Waals surface area contributed by atoms with Gasteiger partial charge in [-0.3, -0.25) is 4.79 Å². The lowest BCUT2D eigenvalue weighted by atomic mass is 9.91. The van der Waals surface area contributed by atoms with E-state index in [1.54, 1.807) is 6.20 Å².